The summed E-state index contributed by atoms with van der Waals surface area (Å²) in [4.78, 5) is 27.9. The van der Waals surface area contributed by atoms with E-state index in [1.54, 1.807) is 30.5 Å². The van der Waals surface area contributed by atoms with Crippen LogP contribution >= 0.6 is 11.3 Å². The quantitative estimate of drug-likeness (QED) is 0.701. The zero-order chi connectivity index (χ0) is 18.9. The van der Waals surface area contributed by atoms with Crippen LogP contribution in [-0.4, -0.2) is 37.6 Å². The number of sulfonamides is 1. The predicted molar refractivity (Wildman–Crippen MR) is 98.1 cm³/mol. The fourth-order valence-corrected chi connectivity index (χ4v) is 3.81. The molecule has 0 spiro atoms. The van der Waals surface area contributed by atoms with Gasteiger partial charge in [0.2, 0.25) is 15.9 Å². The van der Waals surface area contributed by atoms with E-state index < -0.39 is 16.1 Å². The minimum Gasteiger partial charge on any atom is -0.479 e. The van der Waals surface area contributed by atoms with Gasteiger partial charge in [0.15, 0.2) is 11.2 Å². The Morgan fingerprint density at radius 2 is 2.19 bits per heavy atom. The second-order valence-corrected chi connectivity index (χ2v) is 8.31. The number of aromatic nitrogens is 1. The van der Waals surface area contributed by atoms with Gasteiger partial charge in [-0.3, -0.25) is 14.3 Å². The highest BCUT2D eigenvalue weighted by atomic mass is 32.2. The molecule has 138 valence electrons. The molecule has 26 heavy (non-hydrogen) atoms. The monoisotopic (exact) mass is 396 g/mol. The molecule has 0 radical (unpaired) electrons. The summed E-state index contributed by atoms with van der Waals surface area (Å²) in [6.45, 7) is 1.65. The molecule has 0 fully saturated rings. The van der Waals surface area contributed by atoms with Gasteiger partial charge in [-0.2, -0.15) is 0 Å². The summed E-state index contributed by atoms with van der Waals surface area (Å²) in [5, 5.41) is 7.22. The van der Waals surface area contributed by atoms with Crippen molar-refractivity contribution in [1.29, 1.82) is 0 Å². The van der Waals surface area contributed by atoms with E-state index in [-0.39, 0.29) is 23.4 Å². The lowest BCUT2D eigenvalue weighted by Crippen LogP contribution is -2.34. The lowest BCUT2D eigenvalue weighted by molar-refractivity contribution is -0.122. The molecule has 0 unspecified atom stereocenters. The van der Waals surface area contributed by atoms with Crippen molar-refractivity contribution in [2.24, 2.45) is 0 Å². The summed E-state index contributed by atoms with van der Waals surface area (Å²) >= 11 is 1.10. The third kappa shape index (κ3) is 4.49. The number of carbonyl (C=O) groups is 2. The number of benzene rings is 1. The molecular formula is C15H16N4O5S2. The molecule has 2 amide bonds. The molecule has 2 aromatic rings. The molecule has 3 rings (SSSR count). The summed E-state index contributed by atoms with van der Waals surface area (Å²) in [5.41, 5.74) is 1.43. The zero-order valence-corrected chi connectivity index (χ0v) is 15.5. The molecule has 1 atom stereocenters. The van der Waals surface area contributed by atoms with Gasteiger partial charge in [0.25, 0.3) is 5.91 Å². The first kappa shape index (κ1) is 18.1. The van der Waals surface area contributed by atoms with Gasteiger partial charge >= 0.3 is 0 Å². The predicted octanol–water partition coefficient (Wildman–Crippen LogP) is 1.42. The van der Waals surface area contributed by atoms with Crippen LogP contribution in [0.2, 0.25) is 0 Å². The molecule has 11 heteroatoms. The Balaban J connectivity index is 1.64. The number of hydrogen-bond donors (Lipinski definition) is 3. The van der Waals surface area contributed by atoms with E-state index >= 15 is 0 Å². The number of rotatable bonds is 5. The second kappa shape index (κ2) is 6.92. The zero-order valence-electron chi connectivity index (χ0n) is 13.9. The van der Waals surface area contributed by atoms with Gasteiger partial charge in [-0.1, -0.05) is 0 Å². The van der Waals surface area contributed by atoms with E-state index in [1.165, 1.54) is 0 Å². The highest BCUT2D eigenvalue weighted by Gasteiger charge is 2.23. The van der Waals surface area contributed by atoms with E-state index in [0.29, 0.717) is 22.8 Å². The van der Waals surface area contributed by atoms with Crippen LogP contribution in [0.3, 0.4) is 0 Å². The van der Waals surface area contributed by atoms with Crippen molar-refractivity contribution in [2.75, 3.05) is 21.6 Å². The third-order valence-electron chi connectivity index (χ3n) is 3.36. The van der Waals surface area contributed by atoms with E-state index in [4.69, 9.17) is 4.74 Å². The molecule has 1 aliphatic heterocycles. The number of nitrogens with zero attached hydrogens (tertiary/aromatic N) is 1. The number of carbonyl (C=O) groups excluding carboxylic acids is 2. The first-order valence-corrected chi connectivity index (χ1v) is 10.3. The number of thiazole rings is 1. The van der Waals surface area contributed by atoms with Crippen LogP contribution in [0, 0.1) is 0 Å². The Morgan fingerprint density at radius 3 is 2.92 bits per heavy atom. The van der Waals surface area contributed by atoms with E-state index in [2.05, 4.69) is 20.3 Å². The Morgan fingerprint density at radius 1 is 1.42 bits per heavy atom. The summed E-state index contributed by atoms with van der Waals surface area (Å²) < 4.78 is 30.1. The topological polar surface area (TPSA) is 126 Å². The standard InChI is InChI=1S/C15H16N4O5S2/c1-8-14(21)18-11-5-9(3-4-12(11)24-8)16-13(20)6-10-7-25-15(17-10)19-26(2,22)23/h3-5,7-8H,6H2,1-2H3,(H,16,20)(H,17,19)(H,18,21)/t8-/m0/s1. The van der Waals surface area contributed by atoms with Gasteiger partial charge in [-0.15, -0.1) is 11.3 Å². The maximum Gasteiger partial charge on any atom is 0.265 e. The Kier molecular flexibility index (Phi) is 4.83. The van der Waals surface area contributed by atoms with Crippen molar-refractivity contribution in [2.45, 2.75) is 19.4 Å². The summed E-state index contributed by atoms with van der Waals surface area (Å²) in [6.07, 6.45) is 0.446. The van der Waals surface area contributed by atoms with Crippen LogP contribution in [0.25, 0.3) is 0 Å². The molecular weight excluding hydrogens is 380 g/mol. The van der Waals surface area contributed by atoms with Crippen molar-refractivity contribution in [1.82, 2.24) is 4.98 Å². The molecule has 0 saturated heterocycles. The maximum absolute atomic E-state index is 12.2. The SMILES string of the molecule is C[C@@H]1Oc2ccc(NC(=O)Cc3csc(NS(C)(=O)=O)n3)cc2NC1=O. The minimum atomic E-state index is -3.41. The first-order chi connectivity index (χ1) is 12.2. The van der Waals surface area contributed by atoms with Crippen molar-refractivity contribution in [3.05, 3.63) is 29.3 Å². The number of anilines is 3. The summed E-state index contributed by atoms with van der Waals surface area (Å²) in [6, 6.07) is 4.94. The van der Waals surface area contributed by atoms with Crippen LogP contribution in [-0.2, 0) is 26.0 Å². The molecule has 0 bridgehead atoms. The molecule has 0 aliphatic carbocycles. The van der Waals surface area contributed by atoms with Gasteiger partial charge < -0.3 is 15.4 Å². The average molecular weight is 396 g/mol. The lowest BCUT2D eigenvalue weighted by atomic mass is 10.2. The number of nitrogens with one attached hydrogen (secondary N) is 3. The van der Waals surface area contributed by atoms with Gasteiger partial charge in [0.05, 0.1) is 24.1 Å². The van der Waals surface area contributed by atoms with E-state index in [0.717, 1.165) is 17.6 Å². The fraction of sp³-hybridized carbons (Fsp3) is 0.267. The van der Waals surface area contributed by atoms with Crippen molar-refractivity contribution in [3.8, 4) is 5.75 Å². The Hall–Kier alpha value is -2.66. The Labute approximate surface area is 153 Å². The number of ether oxygens (including phenoxy) is 1. The number of hydrogen-bond acceptors (Lipinski definition) is 7. The molecule has 3 N–H and O–H groups in total. The van der Waals surface area contributed by atoms with Crippen molar-refractivity contribution < 1.29 is 22.7 Å². The van der Waals surface area contributed by atoms with Gasteiger partial charge in [0.1, 0.15) is 5.75 Å². The maximum atomic E-state index is 12.2. The normalized spacial score (nSPS) is 16.2. The largest absolute Gasteiger partial charge is 0.479 e. The smallest absolute Gasteiger partial charge is 0.265 e. The van der Waals surface area contributed by atoms with Gasteiger partial charge in [0, 0.05) is 11.1 Å². The lowest BCUT2D eigenvalue weighted by Gasteiger charge is -2.23. The highest BCUT2D eigenvalue weighted by Crippen LogP contribution is 2.32. The van der Waals surface area contributed by atoms with Crippen LogP contribution in [0.15, 0.2) is 23.6 Å². The summed E-state index contributed by atoms with van der Waals surface area (Å²) in [7, 11) is -3.41. The minimum absolute atomic E-state index is 0.0150. The van der Waals surface area contributed by atoms with Crippen LogP contribution in [0.5, 0.6) is 5.75 Å². The molecule has 9 nitrogen and oxygen atoms in total. The molecule has 1 aliphatic rings. The van der Waals surface area contributed by atoms with Gasteiger partial charge in [-0.25, -0.2) is 13.4 Å². The molecule has 0 saturated carbocycles. The van der Waals surface area contributed by atoms with Crippen molar-refractivity contribution in [3.63, 3.8) is 0 Å². The van der Waals surface area contributed by atoms with Gasteiger partial charge in [-0.05, 0) is 25.1 Å². The van der Waals surface area contributed by atoms with E-state index in [9.17, 15) is 18.0 Å². The summed E-state index contributed by atoms with van der Waals surface area (Å²) in [5.74, 6) is -0.0435. The molecule has 1 aromatic carbocycles. The number of fused-ring (bicyclic) bond motifs is 1. The fourth-order valence-electron chi connectivity index (χ4n) is 2.25. The van der Waals surface area contributed by atoms with Crippen LogP contribution < -0.4 is 20.1 Å². The van der Waals surface area contributed by atoms with Crippen molar-refractivity contribution >= 4 is 49.7 Å². The first-order valence-electron chi connectivity index (χ1n) is 7.53. The van der Waals surface area contributed by atoms with Crippen LogP contribution in [0.1, 0.15) is 12.6 Å². The highest BCUT2D eigenvalue weighted by molar-refractivity contribution is 7.92. The number of amides is 2. The average Bonchev–Trinajstić information content (AvgIpc) is 2.93. The van der Waals surface area contributed by atoms with E-state index in [1.807, 2.05) is 0 Å². The third-order valence-corrected chi connectivity index (χ3v) is 4.86. The van der Waals surface area contributed by atoms with Crippen LogP contribution in [0.4, 0.5) is 16.5 Å². The molecule has 2 heterocycles. The second-order valence-electron chi connectivity index (χ2n) is 5.70. The molecule has 1 aromatic heterocycles. The Bertz CT molecular complexity index is 970.